The van der Waals surface area contributed by atoms with Gasteiger partial charge in [-0.05, 0) is 82.0 Å². The highest BCUT2D eigenvalue weighted by Crippen LogP contribution is 2.23. The van der Waals surface area contributed by atoms with Gasteiger partial charge in [0.25, 0.3) is 0 Å². The van der Waals surface area contributed by atoms with Crippen LogP contribution >= 0.6 is 0 Å². The quantitative estimate of drug-likeness (QED) is 0.517. The molecule has 1 N–H and O–H groups in total. The van der Waals surface area contributed by atoms with Crippen LogP contribution in [0.4, 0.5) is 5.69 Å². The highest BCUT2D eigenvalue weighted by molar-refractivity contribution is 7.92. The van der Waals surface area contributed by atoms with Gasteiger partial charge in [-0.1, -0.05) is 25.1 Å². The fraction of sp³-hybridized carbons (Fsp3) is 0.481. The van der Waals surface area contributed by atoms with Crippen LogP contribution in [0.3, 0.4) is 0 Å². The summed E-state index contributed by atoms with van der Waals surface area (Å²) in [5.41, 5.74) is 2.46. The molecule has 0 bridgehead atoms. The van der Waals surface area contributed by atoms with Crippen LogP contribution < -0.4 is 14.4 Å². The Balaban J connectivity index is 2.51. The lowest BCUT2D eigenvalue weighted by Crippen LogP contribution is -2.55. The van der Waals surface area contributed by atoms with Crippen molar-refractivity contribution < 1.29 is 22.7 Å². The molecule has 9 heteroatoms. The van der Waals surface area contributed by atoms with E-state index in [9.17, 15) is 18.0 Å². The van der Waals surface area contributed by atoms with Crippen LogP contribution in [0.25, 0.3) is 0 Å². The van der Waals surface area contributed by atoms with E-state index in [-0.39, 0.29) is 12.5 Å². The van der Waals surface area contributed by atoms with Gasteiger partial charge in [-0.15, -0.1) is 0 Å². The molecule has 1 unspecified atom stereocenters. The van der Waals surface area contributed by atoms with Crippen LogP contribution in [0.5, 0.6) is 5.75 Å². The first kappa shape index (κ1) is 29.2. The average molecular weight is 518 g/mol. The van der Waals surface area contributed by atoms with Crippen LogP contribution in [0, 0.1) is 13.8 Å². The fourth-order valence-corrected chi connectivity index (χ4v) is 4.88. The molecule has 2 rings (SSSR count). The lowest BCUT2D eigenvalue weighted by Gasteiger charge is -2.34. The largest absolute Gasteiger partial charge is 0.497 e. The lowest BCUT2D eigenvalue weighted by atomic mass is 10.1. The first-order valence-electron chi connectivity index (χ1n) is 11.9. The number of anilines is 1. The van der Waals surface area contributed by atoms with Gasteiger partial charge in [0.15, 0.2) is 0 Å². The van der Waals surface area contributed by atoms with Gasteiger partial charge in [-0.3, -0.25) is 13.9 Å². The molecule has 0 aliphatic heterocycles. The minimum absolute atomic E-state index is 0.122. The Kier molecular flexibility index (Phi) is 9.54. The lowest BCUT2D eigenvalue weighted by molar-refractivity contribution is -0.141. The van der Waals surface area contributed by atoms with E-state index in [2.05, 4.69) is 5.32 Å². The maximum absolute atomic E-state index is 13.8. The van der Waals surface area contributed by atoms with E-state index in [0.717, 1.165) is 27.3 Å². The van der Waals surface area contributed by atoms with Gasteiger partial charge in [0.1, 0.15) is 18.3 Å². The summed E-state index contributed by atoms with van der Waals surface area (Å²) >= 11 is 0. The van der Waals surface area contributed by atoms with Crippen molar-refractivity contribution in [2.24, 2.45) is 0 Å². The number of nitrogens with one attached hydrogen (secondary N) is 1. The maximum Gasteiger partial charge on any atom is 0.244 e. The minimum Gasteiger partial charge on any atom is -0.497 e. The van der Waals surface area contributed by atoms with Crippen molar-refractivity contribution in [2.45, 2.75) is 66.1 Å². The van der Waals surface area contributed by atoms with Crippen molar-refractivity contribution in [1.29, 1.82) is 0 Å². The van der Waals surface area contributed by atoms with Crippen LogP contribution in [-0.4, -0.2) is 56.6 Å². The highest BCUT2D eigenvalue weighted by Gasteiger charge is 2.33. The molecular weight excluding hydrogens is 478 g/mol. The second-order valence-corrected chi connectivity index (χ2v) is 12.1. The summed E-state index contributed by atoms with van der Waals surface area (Å²) < 4.78 is 32.0. The van der Waals surface area contributed by atoms with Gasteiger partial charge >= 0.3 is 0 Å². The molecule has 0 radical (unpaired) electrons. The summed E-state index contributed by atoms with van der Waals surface area (Å²) in [5, 5.41) is 2.95. The number of benzene rings is 2. The molecule has 0 aromatic heterocycles. The number of amides is 2. The minimum atomic E-state index is -3.78. The standard InChI is InChI=1S/C27H39N3O5S/c1-9-24(26(32)28-27(4,5)6)29(17-21-11-10-12-23(16-21)35-7)25(31)18-30(36(8,33)34)22-14-19(2)13-20(3)15-22/h10-16,24H,9,17-18H2,1-8H3,(H,28,32). The van der Waals surface area contributed by atoms with Crippen LogP contribution in [0.15, 0.2) is 42.5 Å². The van der Waals surface area contributed by atoms with Crippen molar-refractivity contribution in [3.05, 3.63) is 59.2 Å². The number of hydrogen-bond acceptors (Lipinski definition) is 5. The van der Waals surface area contributed by atoms with Gasteiger partial charge in [-0.25, -0.2) is 8.42 Å². The number of nitrogens with zero attached hydrogens (tertiary/aromatic N) is 2. The van der Waals surface area contributed by atoms with E-state index < -0.39 is 34.1 Å². The average Bonchev–Trinajstić information content (AvgIpc) is 2.74. The number of rotatable bonds is 10. The molecule has 36 heavy (non-hydrogen) atoms. The zero-order chi connectivity index (χ0) is 27.3. The Morgan fingerprint density at radius 2 is 1.67 bits per heavy atom. The zero-order valence-corrected chi connectivity index (χ0v) is 23.4. The Bertz CT molecular complexity index is 1170. The molecule has 0 spiro atoms. The topological polar surface area (TPSA) is 96.0 Å². The normalized spacial score (nSPS) is 12.6. The Labute approximate surface area is 215 Å². The third-order valence-electron chi connectivity index (χ3n) is 5.54. The van der Waals surface area contributed by atoms with Crippen molar-refractivity contribution in [3.8, 4) is 5.75 Å². The summed E-state index contributed by atoms with van der Waals surface area (Å²) in [6.07, 6.45) is 1.44. The number of carbonyl (C=O) groups excluding carboxylic acids is 2. The molecule has 0 aliphatic rings. The predicted octanol–water partition coefficient (Wildman–Crippen LogP) is 3.80. The van der Waals surface area contributed by atoms with Crippen LogP contribution in [0.2, 0.25) is 0 Å². The molecule has 0 fully saturated rings. The zero-order valence-electron chi connectivity index (χ0n) is 22.6. The van der Waals surface area contributed by atoms with E-state index in [0.29, 0.717) is 17.9 Å². The summed E-state index contributed by atoms with van der Waals surface area (Å²) in [4.78, 5) is 28.5. The molecule has 1 atom stereocenters. The molecule has 2 amide bonds. The second-order valence-electron chi connectivity index (χ2n) is 10.2. The maximum atomic E-state index is 13.8. The first-order valence-corrected chi connectivity index (χ1v) is 13.8. The summed E-state index contributed by atoms with van der Waals surface area (Å²) in [6.45, 7) is 10.9. The summed E-state index contributed by atoms with van der Waals surface area (Å²) in [6, 6.07) is 11.9. The Hall–Kier alpha value is -3.07. The van der Waals surface area contributed by atoms with Gasteiger partial charge in [0, 0.05) is 12.1 Å². The molecule has 8 nitrogen and oxygen atoms in total. The van der Waals surface area contributed by atoms with E-state index in [1.165, 1.54) is 4.90 Å². The predicted molar refractivity (Wildman–Crippen MR) is 144 cm³/mol. The molecule has 2 aromatic rings. The van der Waals surface area contributed by atoms with Crippen molar-refractivity contribution >= 4 is 27.5 Å². The number of carbonyl (C=O) groups is 2. The molecule has 0 saturated heterocycles. The molecular formula is C27H39N3O5S. The van der Waals surface area contributed by atoms with Crippen molar-refractivity contribution in [3.63, 3.8) is 0 Å². The number of aryl methyl sites for hydroxylation is 2. The summed E-state index contributed by atoms with van der Waals surface area (Å²) in [5.74, 6) is -0.142. The summed E-state index contributed by atoms with van der Waals surface area (Å²) in [7, 11) is -2.22. The second kappa shape index (κ2) is 11.8. The Morgan fingerprint density at radius 1 is 1.06 bits per heavy atom. The SMILES string of the molecule is CCC(C(=O)NC(C)(C)C)N(Cc1cccc(OC)c1)C(=O)CN(c1cc(C)cc(C)c1)S(C)(=O)=O. The van der Waals surface area contributed by atoms with Gasteiger partial charge in [0.2, 0.25) is 21.8 Å². The molecule has 2 aromatic carbocycles. The van der Waals surface area contributed by atoms with Crippen molar-refractivity contribution in [1.82, 2.24) is 10.2 Å². The highest BCUT2D eigenvalue weighted by atomic mass is 32.2. The monoisotopic (exact) mass is 517 g/mol. The molecule has 0 heterocycles. The van der Waals surface area contributed by atoms with Gasteiger partial charge in [0.05, 0.1) is 19.1 Å². The van der Waals surface area contributed by atoms with E-state index in [1.54, 1.807) is 31.4 Å². The third kappa shape index (κ3) is 8.26. The molecule has 198 valence electrons. The number of hydrogen-bond donors (Lipinski definition) is 1. The van der Waals surface area contributed by atoms with E-state index >= 15 is 0 Å². The van der Waals surface area contributed by atoms with E-state index in [4.69, 9.17) is 4.74 Å². The van der Waals surface area contributed by atoms with E-state index in [1.807, 2.05) is 59.7 Å². The molecule has 0 aliphatic carbocycles. The van der Waals surface area contributed by atoms with Gasteiger partial charge < -0.3 is 15.0 Å². The number of sulfonamides is 1. The fourth-order valence-electron chi connectivity index (χ4n) is 4.05. The third-order valence-corrected chi connectivity index (χ3v) is 6.69. The van der Waals surface area contributed by atoms with Crippen molar-refractivity contribution in [2.75, 3.05) is 24.2 Å². The smallest absolute Gasteiger partial charge is 0.244 e. The number of methoxy groups -OCH3 is 1. The first-order chi connectivity index (χ1) is 16.6. The molecule has 0 saturated carbocycles. The van der Waals surface area contributed by atoms with Crippen LogP contribution in [-0.2, 0) is 26.2 Å². The van der Waals surface area contributed by atoms with Crippen LogP contribution in [0.1, 0.15) is 50.8 Å². The van der Waals surface area contributed by atoms with Gasteiger partial charge in [-0.2, -0.15) is 0 Å². The Morgan fingerprint density at radius 3 is 2.17 bits per heavy atom. The number of ether oxygens (including phenoxy) is 1.